The lowest BCUT2D eigenvalue weighted by Gasteiger charge is -2.08. The molecule has 1 aromatic rings. The van der Waals surface area contributed by atoms with Crippen molar-refractivity contribution in [1.29, 1.82) is 0 Å². The molecule has 1 amide bonds. The van der Waals surface area contributed by atoms with E-state index in [-0.39, 0.29) is 11.9 Å². The molecule has 1 aromatic heterocycles. The van der Waals surface area contributed by atoms with Crippen LogP contribution in [0.5, 0.6) is 0 Å². The number of nitrogens with two attached hydrogens (primary N) is 1. The normalized spacial score (nSPS) is 16.3. The van der Waals surface area contributed by atoms with Crippen LogP contribution in [0.1, 0.15) is 19.2 Å². The smallest absolute Gasteiger partial charge is 0.273 e. The van der Waals surface area contributed by atoms with Gasteiger partial charge >= 0.3 is 0 Å². The van der Waals surface area contributed by atoms with Gasteiger partial charge in [-0.05, 0) is 13.8 Å². The van der Waals surface area contributed by atoms with Gasteiger partial charge in [-0.2, -0.15) is 10.1 Å². The van der Waals surface area contributed by atoms with Crippen LogP contribution in [0.4, 0.5) is 5.95 Å². The number of hydrazone groups is 1. The van der Waals surface area contributed by atoms with Gasteiger partial charge in [-0.15, -0.1) is 10.2 Å². The molecule has 2 heterocycles. The number of aryl methyl sites for hydroxylation is 1. The number of amides is 1. The number of carbonyl (C=O) groups is 1. The highest BCUT2D eigenvalue weighted by atomic mass is 16.2. The SMILES string of the molecule is CC1=NN(c2nnc(C)n2N)C(=O)C1. The molecular formula is C7H10N6O. The highest BCUT2D eigenvalue weighted by molar-refractivity contribution is 6.11. The van der Waals surface area contributed by atoms with Gasteiger partial charge in [-0.25, -0.2) is 4.68 Å². The van der Waals surface area contributed by atoms with E-state index in [9.17, 15) is 4.79 Å². The summed E-state index contributed by atoms with van der Waals surface area (Å²) in [6.45, 7) is 3.48. The molecular weight excluding hydrogens is 184 g/mol. The number of anilines is 1. The summed E-state index contributed by atoms with van der Waals surface area (Å²) in [7, 11) is 0. The minimum absolute atomic E-state index is 0.137. The van der Waals surface area contributed by atoms with Crippen LogP contribution >= 0.6 is 0 Å². The van der Waals surface area contributed by atoms with Gasteiger partial charge in [0.05, 0.1) is 6.42 Å². The van der Waals surface area contributed by atoms with Crippen molar-refractivity contribution in [3.8, 4) is 0 Å². The Morgan fingerprint density at radius 2 is 2.07 bits per heavy atom. The largest absolute Gasteiger partial charge is 0.335 e. The zero-order chi connectivity index (χ0) is 10.3. The maximum absolute atomic E-state index is 11.4. The van der Waals surface area contributed by atoms with Gasteiger partial charge < -0.3 is 5.84 Å². The molecule has 2 rings (SSSR count). The van der Waals surface area contributed by atoms with Crippen LogP contribution in [0.3, 0.4) is 0 Å². The number of nitrogens with zero attached hydrogens (tertiary/aromatic N) is 5. The number of aromatic nitrogens is 3. The van der Waals surface area contributed by atoms with Crippen LogP contribution in [-0.4, -0.2) is 26.5 Å². The fourth-order valence-corrected chi connectivity index (χ4v) is 1.21. The highest BCUT2D eigenvalue weighted by Gasteiger charge is 2.27. The number of hydrogen-bond donors (Lipinski definition) is 1. The molecule has 74 valence electrons. The third-order valence-corrected chi connectivity index (χ3v) is 1.95. The van der Waals surface area contributed by atoms with Crippen molar-refractivity contribution in [2.45, 2.75) is 20.3 Å². The summed E-state index contributed by atoms with van der Waals surface area (Å²) in [6, 6.07) is 0. The molecule has 0 atom stereocenters. The van der Waals surface area contributed by atoms with Crippen LogP contribution in [-0.2, 0) is 4.79 Å². The first-order chi connectivity index (χ1) is 6.59. The maximum Gasteiger partial charge on any atom is 0.273 e. The molecule has 0 bridgehead atoms. The lowest BCUT2D eigenvalue weighted by Crippen LogP contribution is -2.26. The van der Waals surface area contributed by atoms with E-state index < -0.39 is 0 Å². The number of nitrogen functional groups attached to an aromatic ring is 1. The van der Waals surface area contributed by atoms with Crippen LogP contribution in [0.25, 0.3) is 0 Å². The van der Waals surface area contributed by atoms with Gasteiger partial charge in [-0.1, -0.05) is 0 Å². The second-order valence-electron chi connectivity index (χ2n) is 3.13. The van der Waals surface area contributed by atoms with Gasteiger partial charge in [-0.3, -0.25) is 4.79 Å². The van der Waals surface area contributed by atoms with Crippen LogP contribution in [0.15, 0.2) is 5.10 Å². The van der Waals surface area contributed by atoms with Crippen LogP contribution in [0, 0.1) is 6.92 Å². The van der Waals surface area contributed by atoms with Gasteiger partial charge in [0.25, 0.3) is 11.9 Å². The zero-order valence-corrected chi connectivity index (χ0v) is 7.93. The van der Waals surface area contributed by atoms with Gasteiger partial charge in [0.1, 0.15) is 0 Å². The third kappa shape index (κ3) is 1.13. The van der Waals surface area contributed by atoms with E-state index in [0.717, 1.165) is 5.71 Å². The van der Waals surface area contributed by atoms with E-state index in [4.69, 9.17) is 5.84 Å². The molecule has 0 saturated heterocycles. The Kier molecular flexibility index (Phi) is 1.73. The molecule has 0 unspecified atom stereocenters. The summed E-state index contributed by atoms with van der Waals surface area (Å²) in [6.07, 6.45) is 0.311. The monoisotopic (exact) mass is 194 g/mol. The van der Waals surface area contributed by atoms with E-state index in [1.807, 2.05) is 0 Å². The molecule has 0 fully saturated rings. The maximum atomic E-state index is 11.4. The Morgan fingerprint density at radius 1 is 1.36 bits per heavy atom. The Labute approximate surface area is 80.2 Å². The minimum Gasteiger partial charge on any atom is -0.335 e. The quantitative estimate of drug-likeness (QED) is 0.605. The van der Waals surface area contributed by atoms with E-state index >= 15 is 0 Å². The first kappa shape index (κ1) is 8.67. The highest BCUT2D eigenvalue weighted by Crippen LogP contribution is 2.16. The van der Waals surface area contributed by atoms with Crippen molar-refractivity contribution in [3.05, 3.63) is 5.82 Å². The molecule has 0 aliphatic carbocycles. The first-order valence-electron chi connectivity index (χ1n) is 4.13. The summed E-state index contributed by atoms with van der Waals surface area (Å²) < 4.78 is 1.24. The summed E-state index contributed by atoms with van der Waals surface area (Å²) in [4.78, 5) is 11.4. The van der Waals surface area contributed by atoms with E-state index in [2.05, 4.69) is 15.3 Å². The second kappa shape index (κ2) is 2.79. The predicted octanol–water partition coefficient (Wildman–Crippen LogP) is -0.587. The van der Waals surface area contributed by atoms with Crippen molar-refractivity contribution in [2.24, 2.45) is 5.10 Å². The zero-order valence-electron chi connectivity index (χ0n) is 7.93. The lowest BCUT2D eigenvalue weighted by molar-refractivity contribution is -0.117. The third-order valence-electron chi connectivity index (χ3n) is 1.95. The number of rotatable bonds is 1. The Balaban J connectivity index is 2.41. The Morgan fingerprint density at radius 3 is 2.50 bits per heavy atom. The molecule has 0 aromatic carbocycles. The van der Waals surface area contributed by atoms with Gasteiger partial charge in [0.15, 0.2) is 5.82 Å². The molecule has 14 heavy (non-hydrogen) atoms. The topological polar surface area (TPSA) is 89.4 Å². The minimum atomic E-state index is -0.137. The molecule has 7 heteroatoms. The summed E-state index contributed by atoms with van der Waals surface area (Å²) in [5.74, 6) is 6.27. The average molecular weight is 194 g/mol. The summed E-state index contributed by atoms with van der Waals surface area (Å²) >= 11 is 0. The molecule has 1 aliphatic rings. The molecule has 1 aliphatic heterocycles. The van der Waals surface area contributed by atoms with Crippen molar-refractivity contribution in [2.75, 3.05) is 10.9 Å². The molecule has 0 saturated carbocycles. The van der Waals surface area contributed by atoms with Crippen LogP contribution < -0.4 is 10.9 Å². The summed E-state index contributed by atoms with van der Waals surface area (Å²) in [5.41, 5.74) is 0.746. The second-order valence-corrected chi connectivity index (χ2v) is 3.13. The Bertz CT molecular complexity index is 420. The van der Waals surface area contributed by atoms with Crippen molar-refractivity contribution in [3.63, 3.8) is 0 Å². The van der Waals surface area contributed by atoms with E-state index in [0.29, 0.717) is 12.2 Å². The van der Waals surface area contributed by atoms with Crippen LogP contribution in [0.2, 0.25) is 0 Å². The molecule has 2 N–H and O–H groups in total. The Hall–Kier alpha value is -1.92. The molecule has 0 radical (unpaired) electrons. The van der Waals surface area contributed by atoms with Gasteiger partial charge in [0, 0.05) is 5.71 Å². The number of carbonyl (C=O) groups excluding carboxylic acids is 1. The van der Waals surface area contributed by atoms with Crippen molar-refractivity contribution >= 4 is 17.6 Å². The van der Waals surface area contributed by atoms with Crippen molar-refractivity contribution < 1.29 is 4.79 Å². The van der Waals surface area contributed by atoms with E-state index in [1.165, 1.54) is 9.69 Å². The standard InChI is InChI=1S/C7H10N6O/c1-4-3-6(14)13(11-4)7-10-9-5(2)12(7)8/h3,8H2,1-2H3. The molecule has 0 spiro atoms. The predicted molar refractivity (Wildman–Crippen MR) is 50.1 cm³/mol. The van der Waals surface area contributed by atoms with Gasteiger partial charge in [0.2, 0.25) is 0 Å². The number of hydrogen-bond acceptors (Lipinski definition) is 5. The van der Waals surface area contributed by atoms with Crippen molar-refractivity contribution in [1.82, 2.24) is 14.9 Å². The summed E-state index contributed by atoms with van der Waals surface area (Å²) in [5, 5.41) is 12.7. The fourth-order valence-electron chi connectivity index (χ4n) is 1.21. The first-order valence-corrected chi connectivity index (χ1v) is 4.13. The fraction of sp³-hybridized carbons (Fsp3) is 0.429. The molecule has 7 nitrogen and oxygen atoms in total. The van der Waals surface area contributed by atoms with E-state index in [1.54, 1.807) is 13.8 Å². The lowest BCUT2D eigenvalue weighted by atomic mass is 10.3. The average Bonchev–Trinajstić information content (AvgIpc) is 2.59.